The Hall–Kier alpha value is -2.58. The van der Waals surface area contributed by atoms with Crippen LogP contribution in [0.25, 0.3) is 0 Å². The van der Waals surface area contributed by atoms with Crippen LogP contribution in [0.1, 0.15) is 59.4 Å². The van der Waals surface area contributed by atoms with Gasteiger partial charge in [0, 0.05) is 30.6 Å². The molecular weight excluding hydrogens is 438 g/mol. The van der Waals surface area contributed by atoms with E-state index in [4.69, 9.17) is 9.47 Å². The average molecular weight is 474 g/mol. The molecule has 7 nitrogen and oxygen atoms in total. The van der Waals surface area contributed by atoms with Crippen molar-refractivity contribution in [2.24, 2.45) is 0 Å². The molecule has 180 valence electrons. The van der Waals surface area contributed by atoms with Crippen LogP contribution >= 0.6 is 11.3 Å². The van der Waals surface area contributed by atoms with Crippen LogP contribution in [0, 0.1) is 0 Å². The lowest BCUT2D eigenvalue weighted by atomic mass is 9.81. The van der Waals surface area contributed by atoms with Crippen molar-refractivity contribution >= 4 is 23.2 Å². The number of thiophene rings is 1. The zero-order valence-electron chi connectivity index (χ0n) is 20.2. The first kappa shape index (κ1) is 25.1. The van der Waals surface area contributed by atoms with Crippen molar-refractivity contribution in [2.75, 3.05) is 47.4 Å². The Morgan fingerprint density at radius 3 is 2.52 bits per heavy atom. The number of nitrogens with one attached hydrogen (secondary N) is 1. The molecule has 33 heavy (non-hydrogen) atoms. The second kappa shape index (κ2) is 11.5. The van der Waals surface area contributed by atoms with Gasteiger partial charge >= 0.3 is 0 Å². The predicted octanol–water partition coefficient (Wildman–Crippen LogP) is 3.91. The Labute approximate surface area is 200 Å². The van der Waals surface area contributed by atoms with Gasteiger partial charge in [-0.2, -0.15) is 0 Å². The van der Waals surface area contributed by atoms with E-state index in [-0.39, 0.29) is 17.9 Å². The first-order chi connectivity index (χ1) is 16.0. The van der Waals surface area contributed by atoms with Gasteiger partial charge in [-0.3, -0.25) is 9.59 Å². The third-order valence-corrected chi connectivity index (χ3v) is 7.24. The second-order valence-electron chi connectivity index (χ2n) is 8.23. The number of unbranched alkanes of at least 4 members (excludes halogenated alkanes) is 1. The normalized spacial score (nSPS) is 17.8. The van der Waals surface area contributed by atoms with Gasteiger partial charge in [-0.15, -0.1) is 11.3 Å². The summed E-state index contributed by atoms with van der Waals surface area (Å²) in [7, 11) is 4.86. The zero-order valence-corrected chi connectivity index (χ0v) is 21.0. The molecule has 3 rings (SSSR count). The lowest BCUT2D eigenvalue weighted by molar-refractivity contribution is -0.124. The van der Waals surface area contributed by atoms with Crippen LogP contribution in [-0.4, -0.2) is 69.1 Å². The highest BCUT2D eigenvalue weighted by molar-refractivity contribution is 7.10. The van der Waals surface area contributed by atoms with E-state index in [0.717, 1.165) is 37.4 Å². The van der Waals surface area contributed by atoms with E-state index in [1.165, 1.54) is 7.11 Å². The number of nitrogens with zero attached hydrogens (tertiary/aromatic N) is 2. The van der Waals surface area contributed by atoms with Crippen LogP contribution in [0.4, 0.5) is 0 Å². The van der Waals surface area contributed by atoms with Crippen LogP contribution < -0.4 is 14.8 Å². The van der Waals surface area contributed by atoms with Gasteiger partial charge < -0.3 is 24.6 Å². The maximum absolute atomic E-state index is 13.6. The van der Waals surface area contributed by atoms with Crippen molar-refractivity contribution in [1.29, 1.82) is 0 Å². The minimum atomic E-state index is -0.549. The Bertz CT molecular complexity index is 947. The largest absolute Gasteiger partial charge is 0.493 e. The van der Waals surface area contributed by atoms with Gasteiger partial charge in [0.25, 0.3) is 5.91 Å². The van der Waals surface area contributed by atoms with E-state index in [1.807, 2.05) is 17.5 Å². The highest BCUT2D eigenvalue weighted by Crippen LogP contribution is 2.46. The maximum atomic E-state index is 13.6. The number of rotatable bonds is 11. The third-order valence-electron chi connectivity index (χ3n) is 6.29. The number of likely N-dealkylation sites (N-methyl/N-ethyl adjacent to an activating group) is 2. The van der Waals surface area contributed by atoms with Crippen molar-refractivity contribution in [1.82, 2.24) is 15.1 Å². The summed E-state index contributed by atoms with van der Waals surface area (Å²) < 4.78 is 10.9. The summed E-state index contributed by atoms with van der Waals surface area (Å²) in [6, 6.07) is 7.01. The fraction of sp³-hybridized carbons (Fsp3) is 0.520. The van der Waals surface area contributed by atoms with Gasteiger partial charge in [-0.25, -0.2) is 0 Å². The van der Waals surface area contributed by atoms with E-state index < -0.39 is 5.92 Å². The van der Waals surface area contributed by atoms with Crippen LogP contribution in [0.3, 0.4) is 0 Å². The van der Waals surface area contributed by atoms with E-state index in [9.17, 15) is 9.59 Å². The number of fused-ring (bicyclic) bond motifs is 1. The minimum Gasteiger partial charge on any atom is -0.493 e. The summed E-state index contributed by atoms with van der Waals surface area (Å²) in [4.78, 5) is 31.9. The van der Waals surface area contributed by atoms with Gasteiger partial charge in [0.15, 0.2) is 11.5 Å². The lowest BCUT2D eigenvalue weighted by Crippen LogP contribution is -2.46. The monoisotopic (exact) mass is 473 g/mol. The number of carbonyl (C=O) groups is 2. The number of hydrogen-bond acceptors (Lipinski definition) is 6. The molecule has 2 aromatic rings. The van der Waals surface area contributed by atoms with Crippen molar-refractivity contribution in [2.45, 2.75) is 38.6 Å². The van der Waals surface area contributed by atoms with E-state index >= 15 is 0 Å². The predicted molar refractivity (Wildman–Crippen MR) is 131 cm³/mol. The Kier molecular flexibility index (Phi) is 8.74. The fourth-order valence-corrected chi connectivity index (χ4v) is 5.31. The van der Waals surface area contributed by atoms with Crippen molar-refractivity contribution in [3.05, 3.63) is 45.6 Å². The van der Waals surface area contributed by atoms with E-state index in [2.05, 4.69) is 24.1 Å². The van der Waals surface area contributed by atoms with Gasteiger partial charge in [0.1, 0.15) is 0 Å². The van der Waals surface area contributed by atoms with Gasteiger partial charge in [0.05, 0.1) is 26.2 Å². The third kappa shape index (κ3) is 5.33. The summed E-state index contributed by atoms with van der Waals surface area (Å²) in [5.41, 5.74) is 1.14. The van der Waals surface area contributed by atoms with Crippen LogP contribution in [-0.2, 0) is 4.79 Å². The lowest BCUT2D eigenvalue weighted by Gasteiger charge is -2.39. The molecule has 0 unspecified atom stereocenters. The molecule has 8 heteroatoms. The molecule has 2 amide bonds. The number of carbonyl (C=O) groups excluding carboxylic acids is 2. The first-order valence-electron chi connectivity index (χ1n) is 11.5. The van der Waals surface area contributed by atoms with Crippen molar-refractivity contribution in [3.63, 3.8) is 0 Å². The average Bonchev–Trinajstić information content (AvgIpc) is 3.36. The topological polar surface area (TPSA) is 71.1 Å². The van der Waals surface area contributed by atoms with E-state index in [0.29, 0.717) is 29.2 Å². The van der Waals surface area contributed by atoms with Crippen molar-refractivity contribution in [3.8, 4) is 11.5 Å². The zero-order chi connectivity index (χ0) is 24.0. The molecule has 1 aliphatic rings. The number of hydrogen-bond donors (Lipinski definition) is 1. The molecule has 0 saturated heterocycles. The Morgan fingerprint density at radius 1 is 1.18 bits per heavy atom. The summed E-state index contributed by atoms with van der Waals surface area (Å²) in [6.07, 6.45) is 2.29. The van der Waals surface area contributed by atoms with Crippen LogP contribution in [0.5, 0.6) is 11.5 Å². The second-order valence-corrected chi connectivity index (χ2v) is 9.21. The molecule has 0 spiro atoms. The van der Waals surface area contributed by atoms with Gasteiger partial charge in [-0.1, -0.05) is 26.3 Å². The van der Waals surface area contributed by atoms with Gasteiger partial charge in [-0.05, 0) is 48.7 Å². The molecule has 2 atom stereocenters. The molecule has 0 fully saturated rings. The standard InChI is InChI=1S/C25H35N3O4S/c1-6-8-12-28(7-2)13-11-26-24(29)22-17-15-19(31-4)20(32-5)16-18(17)25(30)27(3)23(22)21-10-9-14-33-21/h9-10,14-16,22-23H,6-8,11-13H2,1-5H3,(H,26,29)/t22-,23-/m0/s1. The molecule has 1 N–H and O–H groups in total. The summed E-state index contributed by atoms with van der Waals surface area (Å²) in [6.45, 7) is 7.66. The molecule has 1 aliphatic heterocycles. The number of amides is 2. The Balaban J connectivity index is 1.94. The quantitative estimate of drug-likeness (QED) is 0.536. The number of benzene rings is 1. The van der Waals surface area contributed by atoms with Crippen molar-refractivity contribution < 1.29 is 19.1 Å². The summed E-state index contributed by atoms with van der Waals surface area (Å²) in [5, 5.41) is 5.11. The molecule has 0 aliphatic carbocycles. The smallest absolute Gasteiger partial charge is 0.254 e. The van der Waals surface area contributed by atoms with Crippen LogP contribution in [0.2, 0.25) is 0 Å². The molecular formula is C25H35N3O4S. The highest BCUT2D eigenvalue weighted by Gasteiger charge is 2.44. The highest BCUT2D eigenvalue weighted by atomic mass is 32.1. The molecule has 1 aromatic heterocycles. The minimum absolute atomic E-state index is 0.0900. The number of ether oxygens (including phenoxy) is 2. The summed E-state index contributed by atoms with van der Waals surface area (Å²) in [5.74, 6) is 0.207. The van der Waals surface area contributed by atoms with Gasteiger partial charge in [0.2, 0.25) is 5.91 Å². The van der Waals surface area contributed by atoms with Crippen LogP contribution in [0.15, 0.2) is 29.6 Å². The number of methoxy groups -OCH3 is 2. The maximum Gasteiger partial charge on any atom is 0.254 e. The molecule has 0 bridgehead atoms. The molecule has 1 aromatic carbocycles. The fourth-order valence-electron chi connectivity index (χ4n) is 4.40. The molecule has 0 radical (unpaired) electrons. The molecule has 2 heterocycles. The Morgan fingerprint density at radius 2 is 1.91 bits per heavy atom. The summed E-state index contributed by atoms with van der Waals surface area (Å²) >= 11 is 1.55. The first-order valence-corrected chi connectivity index (χ1v) is 12.4. The molecule has 0 saturated carbocycles. The van der Waals surface area contributed by atoms with E-state index in [1.54, 1.807) is 42.5 Å². The SMILES string of the molecule is CCCCN(CC)CCNC(=O)[C@H]1c2cc(OC)c(OC)cc2C(=O)N(C)[C@H]1c1cccs1.